The minimum atomic E-state index is -3.16. The van der Waals surface area contributed by atoms with Gasteiger partial charge in [-0.25, -0.2) is 23.1 Å². The van der Waals surface area contributed by atoms with Gasteiger partial charge in [-0.3, -0.25) is 4.79 Å². The number of anilines is 1. The Morgan fingerprint density at radius 3 is 2.27 bits per heavy atom. The molecule has 3 aliphatic rings. The minimum absolute atomic E-state index is 0.0225. The van der Waals surface area contributed by atoms with Gasteiger partial charge in [-0.1, -0.05) is 24.3 Å². The normalized spacial score (nSPS) is 20.2. The summed E-state index contributed by atoms with van der Waals surface area (Å²) in [5.41, 5.74) is 4.16. The molecule has 5 rings (SSSR count). The minimum Gasteiger partial charge on any atom is -0.369 e. The van der Waals surface area contributed by atoms with Crippen LogP contribution in [0.3, 0.4) is 0 Å². The number of carbonyl (C=O) groups is 1. The number of hydrogen-bond donors (Lipinski definition) is 2. The van der Waals surface area contributed by atoms with Crippen LogP contribution in [0.15, 0.2) is 30.6 Å². The number of carbonyl (C=O) groups excluding carboxylic acids is 1. The molecule has 37 heavy (non-hydrogen) atoms. The number of amides is 1. The van der Waals surface area contributed by atoms with Crippen molar-refractivity contribution in [1.29, 1.82) is 0 Å². The van der Waals surface area contributed by atoms with Gasteiger partial charge in [0.25, 0.3) is 5.91 Å². The highest BCUT2D eigenvalue weighted by atomic mass is 32.2. The van der Waals surface area contributed by atoms with Crippen molar-refractivity contribution >= 4 is 21.7 Å². The summed E-state index contributed by atoms with van der Waals surface area (Å²) in [5, 5.41) is 3.48. The summed E-state index contributed by atoms with van der Waals surface area (Å²) in [7, 11) is -3.16. The summed E-state index contributed by atoms with van der Waals surface area (Å²) in [6.45, 7) is 5.94. The van der Waals surface area contributed by atoms with Gasteiger partial charge >= 0.3 is 0 Å². The van der Waals surface area contributed by atoms with Crippen molar-refractivity contribution in [3.05, 3.63) is 53.0 Å². The summed E-state index contributed by atoms with van der Waals surface area (Å²) >= 11 is 0. The Bertz CT molecular complexity index is 1200. The van der Waals surface area contributed by atoms with Crippen molar-refractivity contribution in [2.75, 3.05) is 44.3 Å². The second kappa shape index (κ2) is 11.0. The Hall–Kier alpha value is -2.56. The molecule has 0 atom stereocenters. The zero-order valence-electron chi connectivity index (χ0n) is 21.8. The molecule has 0 radical (unpaired) electrons. The summed E-state index contributed by atoms with van der Waals surface area (Å²) in [6, 6.07) is 9.09. The van der Waals surface area contributed by atoms with Gasteiger partial charge in [0.2, 0.25) is 10.0 Å². The molecule has 0 spiro atoms. The number of likely N-dealkylation sites (tertiary alicyclic amines) is 2. The topological polar surface area (TPSA) is 108 Å². The van der Waals surface area contributed by atoms with Gasteiger partial charge in [0.1, 0.15) is 17.8 Å². The predicted octanol–water partition coefficient (Wildman–Crippen LogP) is 2.23. The Kier molecular flexibility index (Phi) is 7.78. The second-order valence-electron chi connectivity index (χ2n) is 10.8. The van der Waals surface area contributed by atoms with E-state index >= 15 is 0 Å². The maximum atomic E-state index is 13.4. The molecule has 1 aromatic heterocycles. The molecule has 2 saturated heterocycles. The van der Waals surface area contributed by atoms with E-state index in [0.29, 0.717) is 30.7 Å². The number of nitrogens with zero attached hydrogens (tertiary/aromatic N) is 4. The molecule has 10 heteroatoms. The Balaban J connectivity index is 1.12. The van der Waals surface area contributed by atoms with Crippen LogP contribution in [0.2, 0.25) is 0 Å². The van der Waals surface area contributed by atoms with E-state index in [1.165, 1.54) is 23.7 Å². The van der Waals surface area contributed by atoms with Crippen molar-refractivity contribution in [1.82, 2.24) is 24.5 Å². The van der Waals surface area contributed by atoms with E-state index in [4.69, 9.17) is 0 Å². The standard InChI is InChI=1S/C27H38N6O3S/c1-19-25(29-18-30-26(19)28-17-20-15-21-5-3-4-6-22(21)16-20)27(34)33-13-9-24(10-14-33)32-11-7-23(8-12-32)31-37(2,35)36/h3-6,18,20,23-24,31H,7-17H2,1-2H3,(H,28,29,30). The zero-order valence-corrected chi connectivity index (χ0v) is 22.6. The van der Waals surface area contributed by atoms with E-state index in [-0.39, 0.29) is 11.9 Å². The predicted molar refractivity (Wildman–Crippen MR) is 144 cm³/mol. The van der Waals surface area contributed by atoms with Crippen LogP contribution in [0.1, 0.15) is 52.9 Å². The molecular formula is C27H38N6O3S. The number of aromatic nitrogens is 2. The summed E-state index contributed by atoms with van der Waals surface area (Å²) < 4.78 is 25.8. The van der Waals surface area contributed by atoms with Crippen LogP contribution in [-0.4, -0.2) is 85.2 Å². The highest BCUT2D eigenvalue weighted by molar-refractivity contribution is 7.88. The molecule has 2 N–H and O–H groups in total. The van der Waals surface area contributed by atoms with Gasteiger partial charge in [0.05, 0.1) is 6.26 Å². The summed E-state index contributed by atoms with van der Waals surface area (Å²) in [5.74, 6) is 1.25. The maximum absolute atomic E-state index is 13.4. The lowest BCUT2D eigenvalue weighted by Gasteiger charge is -2.41. The van der Waals surface area contributed by atoms with Crippen molar-refractivity contribution in [2.24, 2.45) is 5.92 Å². The zero-order chi connectivity index (χ0) is 26.0. The van der Waals surface area contributed by atoms with Crippen molar-refractivity contribution in [3.8, 4) is 0 Å². The third-order valence-corrected chi connectivity index (χ3v) is 8.92. The van der Waals surface area contributed by atoms with E-state index in [1.807, 2.05) is 11.8 Å². The summed E-state index contributed by atoms with van der Waals surface area (Å²) in [4.78, 5) is 26.5. The van der Waals surface area contributed by atoms with Crippen LogP contribution in [0, 0.1) is 12.8 Å². The number of rotatable bonds is 7. The van der Waals surface area contributed by atoms with Gasteiger partial charge < -0.3 is 15.1 Å². The SMILES string of the molecule is Cc1c(NCC2Cc3ccccc3C2)ncnc1C(=O)N1CCC(N2CCC(NS(C)(=O)=O)CC2)CC1. The Morgan fingerprint density at radius 1 is 1.00 bits per heavy atom. The average molecular weight is 527 g/mol. The van der Waals surface area contributed by atoms with Crippen LogP contribution in [0.4, 0.5) is 5.82 Å². The number of benzene rings is 1. The maximum Gasteiger partial charge on any atom is 0.272 e. The number of piperidine rings is 2. The summed E-state index contributed by atoms with van der Waals surface area (Å²) in [6.07, 6.45) is 8.36. The van der Waals surface area contributed by atoms with Crippen LogP contribution in [0.5, 0.6) is 0 Å². The second-order valence-corrected chi connectivity index (χ2v) is 12.6. The lowest BCUT2D eigenvalue weighted by atomic mass is 9.98. The lowest BCUT2D eigenvalue weighted by molar-refractivity contribution is 0.0570. The number of fused-ring (bicyclic) bond motifs is 1. The fourth-order valence-electron chi connectivity index (χ4n) is 6.15. The molecule has 0 saturated carbocycles. The molecule has 3 heterocycles. The van der Waals surface area contributed by atoms with E-state index in [1.54, 1.807) is 0 Å². The van der Waals surface area contributed by atoms with Crippen molar-refractivity contribution in [3.63, 3.8) is 0 Å². The molecule has 9 nitrogen and oxygen atoms in total. The molecule has 2 fully saturated rings. The highest BCUT2D eigenvalue weighted by Crippen LogP contribution is 2.27. The molecule has 2 aliphatic heterocycles. The monoisotopic (exact) mass is 526 g/mol. The molecule has 0 unspecified atom stereocenters. The fourth-order valence-corrected chi connectivity index (χ4v) is 6.99. The molecule has 2 aromatic rings. The van der Waals surface area contributed by atoms with E-state index < -0.39 is 10.0 Å². The number of hydrogen-bond acceptors (Lipinski definition) is 7. The first-order chi connectivity index (χ1) is 17.8. The number of sulfonamides is 1. The number of nitrogens with one attached hydrogen (secondary N) is 2. The molecule has 1 aromatic carbocycles. The average Bonchev–Trinajstić information content (AvgIpc) is 3.30. The van der Waals surface area contributed by atoms with Gasteiger partial charge in [0.15, 0.2) is 0 Å². The van der Waals surface area contributed by atoms with Crippen LogP contribution >= 0.6 is 0 Å². The van der Waals surface area contributed by atoms with Crippen molar-refractivity contribution in [2.45, 2.75) is 57.5 Å². The molecule has 0 bridgehead atoms. The molecule has 1 amide bonds. The van der Waals surface area contributed by atoms with E-state index in [0.717, 1.165) is 69.5 Å². The largest absolute Gasteiger partial charge is 0.369 e. The first-order valence-corrected chi connectivity index (χ1v) is 15.3. The first kappa shape index (κ1) is 26.1. The van der Waals surface area contributed by atoms with E-state index in [2.05, 4.69) is 49.2 Å². The molecule has 200 valence electrons. The smallest absolute Gasteiger partial charge is 0.272 e. The third-order valence-electron chi connectivity index (χ3n) is 8.16. The quantitative estimate of drug-likeness (QED) is 0.570. The van der Waals surface area contributed by atoms with Crippen molar-refractivity contribution < 1.29 is 13.2 Å². The van der Waals surface area contributed by atoms with Gasteiger partial charge in [-0.15, -0.1) is 0 Å². The molecular weight excluding hydrogens is 488 g/mol. The van der Waals surface area contributed by atoms with E-state index in [9.17, 15) is 13.2 Å². The third kappa shape index (κ3) is 6.30. The highest BCUT2D eigenvalue weighted by Gasteiger charge is 2.31. The van der Waals surface area contributed by atoms with Gasteiger partial charge in [-0.2, -0.15) is 0 Å². The van der Waals surface area contributed by atoms with Gasteiger partial charge in [-0.05, 0) is 75.6 Å². The van der Waals surface area contributed by atoms with Crippen LogP contribution in [0.25, 0.3) is 0 Å². The Labute approximate surface area is 220 Å². The Morgan fingerprint density at radius 2 is 1.65 bits per heavy atom. The van der Waals surface area contributed by atoms with Crippen LogP contribution < -0.4 is 10.0 Å². The van der Waals surface area contributed by atoms with Crippen LogP contribution in [-0.2, 0) is 22.9 Å². The van der Waals surface area contributed by atoms with Gasteiger partial charge in [0, 0.05) is 37.3 Å². The fraction of sp³-hybridized carbons (Fsp3) is 0.593. The first-order valence-electron chi connectivity index (χ1n) is 13.4. The molecule has 1 aliphatic carbocycles. The lowest BCUT2D eigenvalue weighted by Crippen LogP contribution is -2.51.